The average molecular weight is 346 g/mol. The first-order chi connectivity index (χ1) is 12.1. The Labute approximate surface area is 148 Å². The highest BCUT2D eigenvalue weighted by molar-refractivity contribution is 5.81. The van der Waals surface area contributed by atoms with Crippen LogP contribution in [0.15, 0.2) is 24.3 Å². The highest BCUT2D eigenvalue weighted by Crippen LogP contribution is 2.21. The summed E-state index contributed by atoms with van der Waals surface area (Å²) in [5.74, 6) is -0.545. The van der Waals surface area contributed by atoms with Crippen LogP contribution in [0.25, 0.3) is 0 Å². The summed E-state index contributed by atoms with van der Waals surface area (Å²) in [7, 11) is 0. The highest BCUT2D eigenvalue weighted by atomic mass is 16.7. The van der Waals surface area contributed by atoms with Crippen molar-refractivity contribution in [2.24, 2.45) is 0 Å². The van der Waals surface area contributed by atoms with E-state index in [0.717, 1.165) is 12.1 Å². The monoisotopic (exact) mass is 346 g/mol. The van der Waals surface area contributed by atoms with Crippen LogP contribution in [0.4, 0.5) is 0 Å². The van der Waals surface area contributed by atoms with Gasteiger partial charge in [0.2, 0.25) is 12.2 Å². The van der Waals surface area contributed by atoms with E-state index < -0.39 is 12.4 Å². The molecule has 25 heavy (non-hydrogen) atoms. The molecule has 1 aromatic carbocycles. The van der Waals surface area contributed by atoms with Crippen LogP contribution < -0.4 is 5.32 Å². The van der Waals surface area contributed by atoms with Crippen molar-refractivity contribution in [3.05, 3.63) is 35.4 Å². The van der Waals surface area contributed by atoms with Crippen molar-refractivity contribution in [1.82, 2.24) is 10.2 Å². The van der Waals surface area contributed by atoms with E-state index in [1.807, 2.05) is 0 Å². The summed E-state index contributed by atoms with van der Waals surface area (Å²) >= 11 is 0. The van der Waals surface area contributed by atoms with Crippen molar-refractivity contribution in [3.8, 4) is 0 Å². The summed E-state index contributed by atoms with van der Waals surface area (Å²) in [5, 5.41) is 2.89. The molecule has 6 heteroatoms. The minimum absolute atomic E-state index is 0.157. The summed E-state index contributed by atoms with van der Waals surface area (Å²) in [6, 6.07) is 8.37. The minimum Gasteiger partial charge on any atom is -0.436 e. The maximum atomic E-state index is 12.2. The number of likely N-dealkylation sites (tertiary alicyclic amines) is 1. The van der Waals surface area contributed by atoms with Gasteiger partial charge in [0.25, 0.3) is 0 Å². The molecule has 0 bridgehead atoms. The van der Waals surface area contributed by atoms with Crippen LogP contribution in [-0.4, -0.2) is 42.3 Å². The molecule has 2 aliphatic heterocycles. The van der Waals surface area contributed by atoms with Gasteiger partial charge in [-0.25, -0.2) is 0 Å². The zero-order valence-electron chi connectivity index (χ0n) is 14.7. The zero-order valence-corrected chi connectivity index (χ0v) is 14.7. The van der Waals surface area contributed by atoms with Crippen LogP contribution in [0.1, 0.15) is 43.7 Å². The third-order valence-corrected chi connectivity index (χ3v) is 4.67. The Morgan fingerprint density at radius 3 is 2.52 bits per heavy atom. The molecule has 136 valence electrons. The Kier molecular flexibility index (Phi) is 6.04. The van der Waals surface area contributed by atoms with E-state index >= 15 is 0 Å². The van der Waals surface area contributed by atoms with Gasteiger partial charge in [-0.1, -0.05) is 24.3 Å². The number of rotatable bonds is 6. The Bertz CT molecular complexity index is 596. The number of hydrogen-bond donors (Lipinski definition) is 1. The summed E-state index contributed by atoms with van der Waals surface area (Å²) in [6.07, 6.45) is 2.58. The zero-order chi connectivity index (χ0) is 17.6. The molecular formula is C19H26N2O4. The van der Waals surface area contributed by atoms with Crippen molar-refractivity contribution in [2.75, 3.05) is 13.1 Å². The third-order valence-electron chi connectivity index (χ3n) is 4.67. The molecule has 1 aromatic rings. The molecule has 0 aliphatic carbocycles. The van der Waals surface area contributed by atoms with Gasteiger partial charge in [-0.15, -0.1) is 0 Å². The molecule has 2 heterocycles. The molecule has 2 atom stereocenters. The average Bonchev–Trinajstić information content (AvgIpc) is 3.25. The molecule has 1 N–H and O–H groups in total. The van der Waals surface area contributed by atoms with Gasteiger partial charge in [-0.3, -0.25) is 14.5 Å². The normalized spacial score (nSPS) is 23.6. The Balaban J connectivity index is 1.42. The molecule has 0 spiro atoms. The van der Waals surface area contributed by atoms with E-state index in [-0.39, 0.29) is 11.9 Å². The lowest BCUT2D eigenvalue weighted by Crippen LogP contribution is -2.34. The fourth-order valence-corrected chi connectivity index (χ4v) is 3.34. The predicted octanol–water partition coefficient (Wildman–Crippen LogP) is 1.97. The first-order valence-electron chi connectivity index (χ1n) is 9.01. The van der Waals surface area contributed by atoms with Crippen LogP contribution >= 0.6 is 0 Å². The van der Waals surface area contributed by atoms with Gasteiger partial charge in [0.15, 0.2) is 0 Å². The van der Waals surface area contributed by atoms with Crippen LogP contribution in [0, 0.1) is 0 Å². The van der Waals surface area contributed by atoms with Crippen LogP contribution in [0.5, 0.6) is 0 Å². The first kappa shape index (κ1) is 17.9. The van der Waals surface area contributed by atoms with E-state index in [1.165, 1.54) is 38.4 Å². The number of benzene rings is 1. The number of hydrogen-bond acceptors (Lipinski definition) is 5. The number of ether oxygens (including phenoxy) is 2. The molecule has 3 rings (SSSR count). The molecular weight excluding hydrogens is 320 g/mol. The SMILES string of the molecule is CC(=O)OC1CCC(C(=O)NCc2ccc(CN3CCCC3)cc2)O1. The van der Waals surface area contributed by atoms with Crippen molar-refractivity contribution < 1.29 is 19.1 Å². The van der Waals surface area contributed by atoms with Crippen LogP contribution in [-0.2, 0) is 32.2 Å². The van der Waals surface area contributed by atoms with E-state index in [4.69, 9.17) is 9.47 Å². The smallest absolute Gasteiger partial charge is 0.304 e. The maximum absolute atomic E-state index is 12.2. The second-order valence-corrected chi connectivity index (χ2v) is 6.76. The lowest BCUT2D eigenvalue weighted by Gasteiger charge is -2.15. The van der Waals surface area contributed by atoms with Gasteiger partial charge in [0.1, 0.15) is 6.10 Å². The van der Waals surface area contributed by atoms with Crippen LogP contribution in [0.3, 0.4) is 0 Å². The van der Waals surface area contributed by atoms with E-state index in [1.54, 1.807) is 0 Å². The Hall–Kier alpha value is -1.92. The number of carbonyl (C=O) groups excluding carboxylic acids is 2. The molecule has 2 aliphatic rings. The number of esters is 1. The maximum Gasteiger partial charge on any atom is 0.304 e. The molecule has 2 unspecified atom stereocenters. The van der Waals surface area contributed by atoms with Crippen molar-refractivity contribution >= 4 is 11.9 Å². The fourth-order valence-electron chi connectivity index (χ4n) is 3.34. The first-order valence-corrected chi connectivity index (χ1v) is 9.01. The van der Waals surface area contributed by atoms with Crippen molar-refractivity contribution in [3.63, 3.8) is 0 Å². The molecule has 2 fully saturated rings. The van der Waals surface area contributed by atoms with Gasteiger partial charge < -0.3 is 14.8 Å². The number of nitrogens with zero attached hydrogens (tertiary/aromatic N) is 1. The summed E-state index contributed by atoms with van der Waals surface area (Å²) in [4.78, 5) is 25.5. The quantitative estimate of drug-likeness (QED) is 0.798. The molecule has 0 aromatic heterocycles. The second-order valence-electron chi connectivity index (χ2n) is 6.76. The molecule has 6 nitrogen and oxygen atoms in total. The standard InChI is InChI=1S/C19H26N2O4/c1-14(22)24-18-9-8-17(25-18)19(23)20-12-15-4-6-16(7-5-15)13-21-10-2-3-11-21/h4-7,17-18H,2-3,8-13H2,1H3,(H,20,23). The van der Waals surface area contributed by atoms with Gasteiger partial charge >= 0.3 is 5.97 Å². The Morgan fingerprint density at radius 1 is 1.16 bits per heavy atom. The summed E-state index contributed by atoms with van der Waals surface area (Å²) in [5.41, 5.74) is 2.37. The highest BCUT2D eigenvalue weighted by Gasteiger charge is 2.32. The van der Waals surface area contributed by atoms with E-state index in [2.05, 4.69) is 34.5 Å². The van der Waals surface area contributed by atoms with E-state index in [0.29, 0.717) is 19.4 Å². The molecule has 1 amide bonds. The predicted molar refractivity (Wildman–Crippen MR) is 92.5 cm³/mol. The molecule has 2 saturated heterocycles. The number of carbonyl (C=O) groups is 2. The topological polar surface area (TPSA) is 67.9 Å². The van der Waals surface area contributed by atoms with Gasteiger partial charge in [-0.2, -0.15) is 0 Å². The minimum atomic E-state index is -0.599. The molecule has 0 radical (unpaired) electrons. The second kappa shape index (κ2) is 8.45. The Morgan fingerprint density at radius 2 is 1.84 bits per heavy atom. The fraction of sp³-hybridized carbons (Fsp3) is 0.579. The van der Waals surface area contributed by atoms with Crippen LogP contribution in [0.2, 0.25) is 0 Å². The van der Waals surface area contributed by atoms with Gasteiger partial charge in [0.05, 0.1) is 0 Å². The van der Waals surface area contributed by atoms with Gasteiger partial charge in [0, 0.05) is 26.4 Å². The number of nitrogens with one attached hydrogen (secondary N) is 1. The van der Waals surface area contributed by atoms with Crippen molar-refractivity contribution in [1.29, 1.82) is 0 Å². The number of amides is 1. The van der Waals surface area contributed by atoms with E-state index in [9.17, 15) is 9.59 Å². The van der Waals surface area contributed by atoms with Gasteiger partial charge in [-0.05, 0) is 43.5 Å². The van der Waals surface area contributed by atoms with Crippen molar-refractivity contribution in [2.45, 2.75) is 58.1 Å². The molecule has 0 saturated carbocycles. The lowest BCUT2D eigenvalue weighted by molar-refractivity contribution is -0.175. The lowest BCUT2D eigenvalue weighted by atomic mass is 10.1. The third kappa shape index (κ3) is 5.28. The largest absolute Gasteiger partial charge is 0.436 e. The summed E-state index contributed by atoms with van der Waals surface area (Å²) < 4.78 is 10.4. The summed E-state index contributed by atoms with van der Waals surface area (Å²) in [6.45, 7) is 5.19.